The van der Waals surface area contributed by atoms with Gasteiger partial charge >= 0.3 is 0 Å². The van der Waals surface area contributed by atoms with Crippen LogP contribution in [0, 0.1) is 17.2 Å². The van der Waals surface area contributed by atoms with Crippen molar-refractivity contribution in [1.82, 2.24) is 9.88 Å². The average Bonchev–Trinajstić information content (AvgIpc) is 2.79. The van der Waals surface area contributed by atoms with E-state index in [-0.39, 0.29) is 17.4 Å². The molecule has 1 aliphatic heterocycles. The van der Waals surface area contributed by atoms with Crippen LogP contribution in [0.3, 0.4) is 0 Å². The van der Waals surface area contributed by atoms with Crippen LogP contribution in [0.4, 0.5) is 11.5 Å². The zero-order valence-electron chi connectivity index (χ0n) is 18.1. The van der Waals surface area contributed by atoms with Crippen molar-refractivity contribution < 1.29 is 9.59 Å². The van der Waals surface area contributed by atoms with E-state index in [4.69, 9.17) is 16.9 Å². The second-order valence-corrected chi connectivity index (χ2v) is 8.41. The molecule has 0 unspecified atom stereocenters. The first kappa shape index (κ1) is 23.5. The summed E-state index contributed by atoms with van der Waals surface area (Å²) < 4.78 is 0. The number of allylic oxidation sites excluding steroid dienone is 1. The molecule has 2 aromatic rings. The number of piperidine rings is 1. The van der Waals surface area contributed by atoms with E-state index < -0.39 is 5.91 Å². The van der Waals surface area contributed by atoms with Gasteiger partial charge in [0.2, 0.25) is 5.91 Å². The lowest BCUT2D eigenvalue weighted by Gasteiger charge is -2.34. The lowest BCUT2D eigenvalue weighted by atomic mass is 9.94. The molecule has 0 spiro atoms. The minimum atomic E-state index is -0.419. The standard InChI is InChI=1S/C24H26ClN5O2/c1-16(2)30-12-9-18(10-13-30)23(31)28-21-7-5-17(4-3-11-26)14-20(21)24(32)29-22-8-6-19(25)15-27-22/h3-8,14-16,18H,9-10,12-13H2,1-2H3,(H,28,31)(H,27,29,32). The molecule has 2 amide bonds. The largest absolute Gasteiger partial charge is 0.325 e. The summed E-state index contributed by atoms with van der Waals surface area (Å²) in [5.41, 5.74) is 1.38. The number of rotatable bonds is 6. The van der Waals surface area contributed by atoms with Crippen LogP contribution in [0.2, 0.25) is 5.02 Å². The van der Waals surface area contributed by atoms with Crippen molar-refractivity contribution in [2.24, 2.45) is 5.92 Å². The van der Waals surface area contributed by atoms with E-state index in [0.29, 0.717) is 28.1 Å². The Labute approximate surface area is 193 Å². The van der Waals surface area contributed by atoms with E-state index in [1.807, 2.05) is 6.07 Å². The maximum absolute atomic E-state index is 13.0. The Hall–Kier alpha value is -3.21. The van der Waals surface area contributed by atoms with Crippen molar-refractivity contribution >= 4 is 41.0 Å². The van der Waals surface area contributed by atoms with Gasteiger partial charge in [0.15, 0.2) is 0 Å². The molecule has 0 bridgehead atoms. The molecule has 166 valence electrons. The fraction of sp³-hybridized carbons (Fsp3) is 0.333. The number of carbonyl (C=O) groups excluding carboxylic acids is 2. The summed E-state index contributed by atoms with van der Waals surface area (Å²) in [6, 6.07) is 10.7. The highest BCUT2D eigenvalue weighted by molar-refractivity contribution is 6.30. The number of nitrogens with zero attached hydrogens (tertiary/aromatic N) is 3. The molecule has 0 saturated carbocycles. The summed E-state index contributed by atoms with van der Waals surface area (Å²) in [6.45, 7) is 6.07. The Bertz CT molecular complexity index is 1040. The van der Waals surface area contributed by atoms with Gasteiger partial charge in [-0.1, -0.05) is 17.7 Å². The van der Waals surface area contributed by atoms with Gasteiger partial charge in [0.25, 0.3) is 5.91 Å². The van der Waals surface area contributed by atoms with Crippen LogP contribution < -0.4 is 10.6 Å². The maximum atomic E-state index is 13.0. The van der Waals surface area contributed by atoms with Gasteiger partial charge in [0.05, 0.1) is 22.3 Å². The molecule has 2 N–H and O–H groups in total. The number of pyridine rings is 1. The van der Waals surface area contributed by atoms with Crippen LogP contribution in [0.15, 0.2) is 42.6 Å². The lowest BCUT2D eigenvalue weighted by Crippen LogP contribution is -2.41. The lowest BCUT2D eigenvalue weighted by molar-refractivity contribution is -0.121. The quantitative estimate of drug-likeness (QED) is 0.626. The second-order valence-electron chi connectivity index (χ2n) is 7.98. The fourth-order valence-corrected chi connectivity index (χ4v) is 3.75. The molecule has 0 aliphatic carbocycles. The van der Waals surface area contributed by atoms with Gasteiger partial charge < -0.3 is 15.5 Å². The highest BCUT2D eigenvalue weighted by atomic mass is 35.5. The minimum absolute atomic E-state index is 0.0904. The predicted molar refractivity (Wildman–Crippen MR) is 126 cm³/mol. The van der Waals surface area contributed by atoms with Crippen LogP contribution >= 0.6 is 11.6 Å². The molecule has 0 atom stereocenters. The summed E-state index contributed by atoms with van der Waals surface area (Å²) in [7, 11) is 0. The topological polar surface area (TPSA) is 98.1 Å². The monoisotopic (exact) mass is 451 g/mol. The number of nitrogens with one attached hydrogen (secondary N) is 2. The zero-order chi connectivity index (χ0) is 23.1. The Morgan fingerprint density at radius 1 is 1.22 bits per heavy atom. The van der Waals surface area contributed by atoms with Crippen LogP contribution in [-0.2, 0) is 4.79 Å². The Kier molecular flexibility index (Phi) is 7.98. The van der Waals surface area contributed by atoms with Gasteiger partial charge in [-0.3, -0.25) is 9.59 Å². The van der Waals surface area contributed by atoms with Crippen molar-refractivity contribution in [1.29, 1.82) is 5.26 Å². The molecule has 1 saturated heterocycles. The van der Waals surface area contributed by atoms with E-state index >= 15 is 0 Å². The summed E-state index contributed by atoms with van der Waals surface area (Å²) in [6.07, 6.45) is 5.94. The van der Waals surface area contributed by atoms with Crippen LogP contribution in [0.5, 0.6) is 0 Å². The number of hydrogen-bond acceptors (Lipinski definition) is 5. The van der Waals surface area contributed by atoms with E-state index in [9.17, 15) is 9.59 Å². The zero-order valence-corrected chi connectivity index (χ0v) is 18.9. The molecule has 7 nitrogen and oxygen atoms in total. The Balaban J connectivity index is 1.79. The van der Waals surface area contributed by atoms with Gasteiger partial charge in [0, 0.05) is 24.2 Å². The first-order valence-electron chi connectivity index (χ1n) is 10.6. The number of anilines is 2. The molecule has 8 heteroatoms. The number of nitriles is 1. The van der Waals surface area contributed by atoms with E-state index in [0.717, 1.165) is 25.9 Å². The smallest absolute Gasteiger partial charge is 0.258 e. The SMILES string of the molecule is CC(C)N1CCC(C(=O)Nc2ccc(C=CC#N)cc2C(=O)Nc2ccc(Cl)cn2)CC1. The third-order valence-electron chi connectivity index (χ3n) is 5.50. The molecule has 3 rings (SSSR count). The molecular weight excluding hydrogens is 426 g/mol. The van der Waals surface area contributed by atoms with Crippen LogP contribution in [0.25, 0.3) is 6.08 Å². The number of benzene rings is 1. The van der Waals surface area contributed by atoms with Crippen molar-refractivity contribution in [2.75, 3.05) is 23.7 Å². The highest BCUT2D eigenvalue weighted by Gasteiger charge is 2.27. The Morgan fingerprint density at radius 2 is 1.97 bits per heavy atom. The summed E-state index contributed by atoms with van der Waals surface area (Å²) >= 11 is 5.86. The first-order valence-corrected chi connectivity index (χ1v) is 10.9. The van der Waals surface area contributed by atoms with Crippen LogP contribution in [0.1, 0.15) is 42.6 Å². The van der Waals surface area contributed by atoms with E-state index in [1.165, 1.54) is 12.3 Å². The van der Waals surface area contributed by atoms with E-state index in [1.54, 1.807) is 36.4 Å². The summed E-state index contributed by atoms with van der Waals surface area (Å²) in [4.78, 5) is 32.4. The average molecular weight is 452 g/mol. The van der Waals surface area contributed by atoms with Crippen molar-refractivity contribution in [2.45, 2.75) is 32.7 Å². The molecule has 1 fully saturated rings. The van der Waals surface area contributed by atoms with Crippen molar-refractivity contribution in [3.05, 3.63) is 58.8 Å². The van der Waals surface area contributed by atoms with Crippen molar-refractivity contribution in [3.63, 3.8) is 0 Å². The van der Waals surface area contributed by atoms with Gasteiger partial charge in [-0.25, -0.2) is 4.98 Å². The number of carbonyl (C=O) groups is 2. The molecule has 0 radical (unpaired) electrons. The van der Waals surface area contributed by atoms with Gasteiger partial charge in [-0.15, -0.1) is 0 Å². The number of amides is 2. The number of likely N-dealkylation sites (tertiary alicyclic amines) is 1. The summed E-state index contributed by atoms with van der Waals surface area (Å²) in [5, 5.41) is 14.9. The minimum Gasteiger partial charge on any atom is -0.325 e. The first-order chi connectivity index (χ1) is 15.4. The molecule has 1 aliphatic rings. The van der Waals surface area contributed by atoms with Gasteiger partial charge in [-0.05, 0) is 75.7 Å². The molecule has 1 aromatic carbocycles. The number of hydrogen-bond donors (Lipinski definition) is 2. The third-order valence-corrected chi connectivity index (χ3v) is 5.72. The van der Waals surface area contributed by atoms with Crippen molar-refractivity contribution in [3.8, 4) is 6.07 Å². The molecular formula is C24H26ClN5O2. The summed E-state index contributed by atoms with van der Waals surface area (Å²) in [5.74, 6) is -0.267. The molecule has 2 heterocycles. The Morgan fingerprint density at radius 3 is 2.59 bits per heavy atom. The van der Waals surface area contributed by atoms with Crippen LogP contribution in [-0.4, -0.2) is 40.8 Å². The van der Waals surface area contributed by atoms with E-state index in [2.05, 4.69) is 34.4 Å². The van der Waals surface area contributed by atoms with Gasteiger partial charge in [0.1, 0.15) is 5.82 Å². The fourth-order valence-electron chi connectivity index (χ4n) is 3.64. The maximum Gasteiger partial charge on any atom is 0.258 e. The predicted octanol–water partition coefficient (Wildman–Crippen LogP) is 4.58. The normalized spacial score (nSPS) is 15.0. The van der Waals surface area contributed by atoms with Gasteiger partial charge in [-0.2, -0.15) is 5.26 Å². The molecule has 32 heavy (non-hydrogen) atoms. The molecule has 1 aromatic heterocycles. The number of aromatic nitrogens is 1. The number of halogens is 1. The highest BCUT2D eigenvalue weighted by Crippen LogP contribution is 2.24. The second kappa shape index (κ2) is 10.9. The third kappa shape index (κ3) is 6.16.